The third-order valence-corrected chi connectivity index (χ3v) is 12.4. The van der Waals surface area contributed by atoms with E-state index in [9.17, 15) is 0 Å². The number of benzene rings is 2. The van der Waals surface area contributed by atoms with Crippen molar-refractivity contribution in [2.75, 3.05) is 6.61 Å². The maximum absolute atomic E-state index is 7.00. The molecule has 2 aromatic carbocycles. The fourth-order valence-electron chi connectivity index (χ4n) is 5.88. The average Bonchev–Trinajstić information content (AvgIpc) is 3.00. The molecule has 3 rings (SSSR count). The topological polar surface area (TPSA) is 27.7 Å². The molecule has 0 spiro atoms. The molecule has 0 aromatic heterocycles. The Labute approximate surface area is 279 Å². The summed E-state index contributed by atoms with van der Waals surface area (Å²) in [5.41, 5.74) is 7.90. The van der Waals surface area contributed by atoms with Gasteiger partial charge in [0.15, 0.2) is 0 Å². The highest BCUT2D eigenvalue weighted by molar-refractivity contribution is 7.42. The zero-order chi connectivity index (χ0) is 33.6. The van der Waals surface area contributed by atoms with E-state index >= 15 is 0 Å². The van der Waals surface area contributed by atoms with Crippen LogP contribution in [-0.4, -0.2) is 6.61 Å². The van der Waals surface area contributed by atoms with Gasteiger partial charge in [-0.05, 0) is 76.0 Å². The maximum Gasteiger partial charge on any atom is 0.463 e. The van der Waals surface area contributed by atoms with Crippen molar-refractivity contribution in [1.82, 2.24) is 0 Å². The van der Waals surface area contributed by atoms with E-state index < -0.39 is 8.60 Å². The molecule has 0 radical (unpaired) electrons. The molecular formula is C41H67O3P. The third kappa shape index (κ3) is 9.07. The molecular weight excluding hydrogens is 571 g/mol. The van der Waals surface area contributed by atoms with Gasteiger partial charge in [-0.3, -0.25) is 4.52 Å². The van der Waals surface area contributed by atoms with E-state index in [1.807, 2.05) is 0 Å². The molecule has 1 heterocycles. The fourth-order valence-corrected chi connectivity index (χ4v) is 7.03. The highest BCUT2D eigenvalue weighted by atomic mass is 31.2. The van der Waals surface area contributed by atoms with Crippen molar-refractivity contribution in [1.29, 1.82) is 0 Å². The van der Waals surface area contributed by atoms with Crippen molar-refractivity contribution in [2.45, 2.75) is 182 Å². The smallest absolute Gasteiger partial charge is 0.417 e. The van der Waals surface area contributed by atoms with Crippen molar-refractivity contribution in [3.63, 3.8) is 0 Å². The Hall–Kier alpha value is -1.57. The molecule has 0 bridgehead atoms. The first kappa shape index (κ1) is 37.9. The van der Waals surface area contributed by atoms with Crippen molar-refractivity contribution >= 4 is 8.60 Å². The molecule has 0 atom stereocenters. The molecule has 45 heavy (non-hydrogen) atoms. The van der Waals surface area contributed by atoms with E-state index in [2.05, 4.69) is 114 Å². The SMILES string of the molecule is CCCCCCCCOP1Oc2c(cc(C(C)(C)CC)cc2C(C)(C)CC)Cc2cc(C(C)(C)CC)cc(C(C)(C)CC)c2O1. The molecule has 2 aromatic rings. The van der Waals surface area contributed by atoms with Gasteiger partial charge < -0.3 is 9.05 Å². The molecule has 4 heteroatoms. The van der Waals surface area contributed by atoms with Crippen molar-refractivity contribution in [3.8, 4) is 11.5 Å². The van der Waals surface area contributed by atoms with Gasteiger partial charge in [-0.1, -0.05) is 146 Å². The van der Waals surface area contributed by atoms with Gasteiger partial charge in [0, 0.05) is 17.5 Å². The molecule has 0 saturated carbocycles. The van der Waals surface area contributed by atoms with Gasteiger partial charge in [0.25, 0.3) is 0 Å². The number of rotatable bonds is 16. The van der Waals surface area contributed by atoms with Crippen LogP contribution in [-0.2, 0) is 32.6 Å². The van der Waals surface area contributed by atoms with Gasteiger partial charge >= 0.3 is 8.60 Å². The van der Waals surface area contributed by atoms with E-state index in [4.69, 9.17) is 13.6 Å². The standard InChI is InChI=1S/C41H67O3P/c1-14-19-20-21-22-23-24-42-45-43-36-30(26-32(38(6,7)15-2)28-34(36)40(10,11)17-4)25-31-27-33(39(8,9)16-3)29-35(37(31)44-45)41(12,13)18-5/h26-29H,14-25H2,1-13H3. The summed E-state index contributed by atoms with van der Waals surface area (Å²) < 4.78 is 20.6. The second-order valence-electron chi connectivity index (χ2n) is 16.2. The molecule has 1 aliphatic heterocycles. The van der Waals surface area contributed by atoms with E-state index in [1.165, 1.54) is 65.5 Å². The van der Waals surface area contributed by atoms with Gasteiger partial charge in [0.05, 0.1) is 6.61 Å². The summed E-state index contributed by atoms with van der Waals surface area (Å²) in [6.45, 7) is 31.0. The lowest BCUT2D eigenvalue weighted by Crippen LogP contribution is -2.24. The summed E-state index contributed by atoms with van der Waals surface area (Å²) in [4.78, 5) is 0. The van der Waals surface area contributed by atoms with Crippen LogP contribution in [0.5, 0.6) is 11.5 Å². The lowest BCUT2D eigenvalue weighted by Gasteiger charge is -2.36. The quantitative estimate of drug-likeness (QED) is 0.135. The van der Waals surface area contributed by atoms with Gasteiger partial charge in [-0.2, -0.15) is 0 Å². The van der Waals surface area contributed by atoms with E-state index in [0.717, 1.165) is 50.0 Å². The number of hydrogen-bond acceptors (Lipinski definition) is 3. The molecule has 0 fully saturated rings. The summed E-state index contributed by atoms with van der Waals surface area (Å²) in [5, 5.41) is 0. The van der Waals surface area contributed by atoms with Crippen LogP contribution in [0, 0.1) is 0 Å². The predicted molar refractivity (Wildman–Crippen MR) is 196 cm³/mol. The van der Waals surface area contributed by atoms with Gasteiger partial charge in [-0.25, -0.2) is 0 Å². The Morgan fingerprint density at radius 3 is 1.36 bits per heavy atom. The maximum atomic E-state index is 7.00. The third-order valence-electron chi connectivity index (χ3n) is 11.3. The molecule has 0 aliphatic carbocycles. The normalized spacial score (nSPS) is 14.7. The fraction of sp³-hybridized carbons (Fsp3) is 0.707. The monoisotopic (exact) mass is 638 g/mol. The lowest BCUT2D eigenvalue weighted by atomic mass is 9.73. The Bertz CT molecular complexity index is 1170. The molecule has 0 N–H and O–H groups in total. The zero-order valence-electron chi connectivity index (χ0n) is 31.5. The van der Waals surface area contributed by atoms with Crippen molar-refractivity contribution < 1.29 is 13.6 Å². The predicted octanol–water partition coefficient (Wildman–Crippen LogP) is 13.4. The minimum Gasteiger partial charge on any atom is -0.417 e. The number of hydrogen-bond donors (Lipinski definition) is 0. The van der Waals surface area contributed by atoms with Crippen LogP contribution in [0.15, 0.2) is 24.3 Å². The lowest BCUT2D eigenvalue weighted by molar-refractivity contribution is 0.253. The molecule has 0 saturated heterocycles. The molecule has 3 nitrogen and oxygen atoms in total. The summed E-state index contributed by atoms with van der Waals surface area (Å²) in [5.74, 6) is 1.96. The van der Waals surface area contributed by atoms with E-state index in [0.29, 0.717) is 6.61 Å². The van der Waals surface area contributed by atoms with E-state index in [1.54, 1.807) is 0 Å². The summed E-state index contributed by atoms with van der Waals surface area (Å²) in [7, 11) is -1.64. The van der Waals surface area contributed by atoms with Crippen LogP contribution in [0.3, 0.4) is 0 Å². The first-order valence-electron chi connectivity index (χ1n) is 18.2. The molecule has 0 unspecified atom stereocenters. The zero-order valence-corrected chi connectivity index (χ0v) is 32.4. The minimum absolute atomic E-state index is 0.0480. The Morgan fingerprint density at radius 2 is 0.956 bits per heavy atom. The second-order valence-corrected chi connectivity index (χ2v) is 17.2. The van der Waals surface area contributed by atoms with E-state index in [-0.39, 0.29) is 21.7 Å². The van der Waals surface area contributed by atoms with Crippen LogP contribution >= 0.6 is 8.60 Å². The van der Waals surface area contributed by atoms with Gasteiger partial charge in [-0.15, -0.1) is 0 Å². The minimum atomic E-state index is -1.64. The number of fused-ring (bicyclic) bond motifs is 2. The highest BCUT2D eigenvalue weighted by Crippen LogP contribution is 2.54. The second kappa shape index (κ2) is 15.6. The Balaban J connectivity index is 2.27. The highest BCUT2D eigenvalue weighted by Gasteiger charge is 2.36. The summed E-state index contributed by atoms with van der Waals surface area (Å²) in [6, 6.07) is 9.73. The molecule has 0 amide bonds. The number of unbranched alkanes of at least 4 members (excludes halogenated alkanes) is 5. The average molecular weight is 639 g/mol. The van der Waals surface area contributed by atoms with Gasteiger partial charge in [0.1, 0.15) is 11.5 Å². The Morgan fingerprint density at radius 1 is 0.556 bits per heavy atom. The van der Waals surface area contributed by atoms with Crippen LogP contribution in [0.2, 0.25) is 0 Å². The van der Waals surface area contributed by atoms with Crippen LogP contribution in [0.4, 0.5) is 0 Å². The van der Waals surface area contributed by atoms with Crippen LogP contribution in [0.1, 0.15) is 188 Å². The first-order valence-corrected chi connectivity index (χ1v) is 19.3. The van der Waals surface area contributed by atoms with Crippen molar-refractivity contribution in [3.05, 3.63) is 57.6 Å². The summed E-state index contributed by atoms with van der Waals surface area (Å²) in [6.07, 6.45) is 12.4. The van der Waals surface area contributed by atoms with Gasteiger partial charge in [0.2, 0.25) is 0 Å². The van der Waals surface area contributed by atoms with Crippen molar-refractivity contribution in [2.24, 2.45) is 0 Å². The molecule has 254 valence electrons. The Kier molecular flexibility index (Phi) is 13.1. The molecule has 1 aliphatic rings. The van der Waals surface area contributed by atoms with Crippen LogP contribution in [0.25, 0.3) is 0 Å². The van der Waals surface area contributed by atoms with Crippen LogP contribution < -0.4 is 9.05 Å². The summed E-state index contributed by atoms with van der Waals surface area (Å²) >= 11 is 0. The first-order chi connectivity index (χ1) is 21.1. The largest absolute Gasteiger partial charge is 0.463 e.